The Bertz CT molecular complexity index is 1100. The van der Waals surface area contributed by atoms with Gasteiger partial charge in [-0.3, -0.25) is 4.79 Å². The first kappa shape index (κ1) is 20.7. The standard InChI is InChI=1S/C20H20FN3O4S/c1-13(2)17(22-18(25)15-10-6-7-11-16(15)21)19-23-24-20(28-19)29(26,27)12-14-8-4-3-5-9-14/h3-11,13,17H,12H2,1-2H3,(H,22,25)/t17-/m0/s1. The topological polar surface area (TPSA) is 102 Å². The summed E-state index contributed by atoms with van der Waals surface area (Å²) in [5, 5.41) is 9.57. The highest BCUT2D eigenvalue weighted by atomic mass is 32.2. The molecule has 0 fully saturated rings. The Morgan fingerprint density at radius 2 is 1.72 bits per heavy atom. The van der Waals surface area contributed by atoms with Crippen LogP contribution in [0.5, 0.6) is 0 Å². The second-order valence-corrected chi connectivity index (χ2v) is 8.69. The van der Waals surface area contributed by atoms with Crippen molar-refractivity contribution in [2.75, 3.05) is 0 Å². The number of benzene rings is 2. The second-order valence-electron chi connectivity index (χ2n) is 6.83. The van der Waals surface area contributed by atoms with Gasteiger partial charge in [0.15, 0.2) is 0 Å². The Kier molecular flexibility index (Phi) is 6.07. The minimum atomic E-state index is -3.85. The van der Waals surface area contributed by atoms with E-state index in [4.69, 9.17) is 4.42 Å². The van der Waals surface area contributed by atoms with Crippen molar-refractivity contribution in [1.29, 1.82) is 0 Å². The molecular weight excluding hydrogens is 397 g/mol. The Morgan fingerprint density at radius 3 is 2.38 bits per heavy atom. The van der Waals surface area contributed by atoms with Gasteiger partial charge in [-0.1, -0.05) is 61.4 Å². The largest absolute Gasteiger partial charge is 0.410 e. The number of hydrogen-bond donors (Lipinski definition) is 1. The molecule has 9 heteroatoms. The average molecular weight is 417 g/mol. The van der Waals surface area contributed by atoms with Gasteiger partial charge in [-0.25, -0.2) is 12.8 Å². The fourth-order valence-electron chi connectivity index (χ4n) is 2.71. The van der Waals surface area contributed by atoms with Crippen LogP contribution in [0.3, 0.4) is 0 Å². The Hall–Kier alpha value is -3.07. The van der Waals surface area contributed by atoms with Gasteiger partial charge in [0, 0.05) is 0 Å². The molecule has 152 valence electrons. The molecule has 0 aliphatic rings. The van der Waals surface area contributed by atoms with E-state index in [1.54, 1.807) is 50.2 Å². The van der Waals surface area contributed by atoms with E-state index in [1.807, 2.05) is 0 Å². The highest BCUT2D eigenvalue weighted by molar-refractivity contribution is 7.90. The van der Waals surface area contributed by atoms with Crippen molar-refractivity contribution in [3.8, 4) is 0 Å². The first-order valence-electron chi connectivity index (χ1n) is 8.93. The summed E-state index contributed by atoms with van der Waals surface area (Å²) in [6, 6.07) is 13.4. The lowest BCUT2D eigenvalue weighted by Crippen LogP contribution is -2.32. The van der Waals surface area contributed by atoms with Crippen LogP contribution in [-0.2, 0) is 15.6 Å². The molecule has 0 aliphatic heterocycles. The number of sulfone groups is 1. The molecule has 1 aromatic heterocycles. The lowest BCUT2D eigenvalue weighted by atomic mass is 10.0. The van der Waals surface area contributed by atoms with Gasteiger partial charge >= 0.3 is 5.22 Å². The summed E-state index contributed by atoms with van der Waals surface area (Å²) in [5.74, 6) is -1.88. The molecule has 1 heterocycles. The van der Waals surface area contributed by atoms with Gasteiger partial charge in [0.2, 0.25) is 15.7 Å². The highest BCUT2D eigenvalue weighted by Gasteiger charge is 2.29. The van der Waals surface area contributed by atoms with E-state index in [0.717, 1.165) is 0 Å². The molecule has 0 spiro atoms. The summed E-state index contributed by atoms with van der Waals surface area (Å²) in [6.45, 7) is 3.57. The predicted molar refractivity (Wildman–Crippen MR) is 103 cm³/mol. The van der Waals surface area contributed by atoms with Crippen LogP contribution in [0.25, 0.3) is 0 Å². The molecule has 3 rings (SSSR count). The molecule has 0 aliphatic carbocycles. The van der Waals surface area contributed by atoms with Crippen LogP contribution < -0.4 is 5.32 Å². The van der Waals surface area contributed by atoms with E-state index < -0.39 is 32.8 Å². The Labute approximate surface area is 167 Å². The molecule has 0 saturated heterocycles. The number of hydrogen-bond acceptors (Lipinski definition) is 6. The fraction of sp³-hybridized carbons (Fsp3) is 0.250. The minimum Gasteiger partial charge on any atom is -0.410 e. The van der Waals surface area contributed by atoms with Crippen molar-refractivity contribution >= 4 is 15.7 Å². The number of nitrogens with zero attached hydrogens (tertiary/aromatic N) is 2. The third-order valence-corrected chi connectivity index (χ3v) is 5.64. The van der Waals surface area contributed by atoms with Crippen molar-refractivity contribution < 1.29 is 22.0 Å². The van der Waals surface area contributed by atoms with Crippen molar-refractivity contribution in [2.24, 2.45) is 5.92 Å². The number of nitrogens with one attached hydrogen (secondary N) is 1. The number of rotatable bonds is 7. The van der Waals surface area contributed by atoms with Crippen molar-refractivity contribution in [3.05, 3.63) is 77.4 Å². The lowest BCUT2D eigenvalue weighted by Gasteiger charge is -2.18. The van der Waals surface area contributed by atoms with Crippen molar-refractivity contribution in [2.45, 2.75) is 30.9 Å². The molecule has 2 aromatic carbocycles. The van der Waals surface area contributed by atoms with Crippen molar-refractivity contribution in [3.63, 3.8) is 0 Å². The minimum absolute atomic E-state index is 0.0590. The summed E-state index contributed by atoms with van der Waals surface area (Å²) in [6.07, 6.45) is 0. The zero-order valence-electron chi connectivity index (χ0n) is 15.9. The van der Waals surface area contributed by atoms with Crippen LogP contribution in [0.15, 0.2) is 64.2 Å². The summed E-state index contributed by atoms with van der Waals surface area (Å²) >= 11 is 0. The van der Waals surface area contributed by atoms with Gasteiger partial charge < -0.3 is 9.73 Å². The van der Waals surface area contributed by atoms with Crippen molar-refractivity contribution in [1.82, 2.24) is 15.5 Å². The number of carbonyl (C=O) groups excluding carboxylic acids is 1. The summed E-state index contributed by atoms with van der Waals surface area (Å²) in [5.41, 5.74) is 0.454. The third-order valence-electron chi connectivity index (χ3n) is 4.23. The van der Waals surface area contributed by atoms with Crippen LogP contribution in [0, 0.1) is 11.7 Å². The summed E-state index contributed by atoms with van der Waals surface area (Å²) in [4.78, 5) is 12.4. The Morgan fingerprint density at radius 1 is 1.07 bits per heavy atom. The molecule has 0 unspecified atom stereocenters. The van der Waals surface area contributed by atoms with Gasteiger partial charge in [0.1, 0.15) is 11.9 Å². The van der Waals surface area contributed by atoms with Crippen LogP contribution in [0.4, 0.5) is 4.39 Å². The van der Waals surface area contributed by atoms with E-state index in [9.17, 15) is 17.6 Å². The summed E-state index contributed by atoms with van der Waals surface area (Å²) < 4.78 is 44.4. The lowest BCUT2D eigenvalue weighted by molar-refractivity contribution is 0.0911. The van der Waals surface area contributed by atoms with E-state index in [0.29, 0.717) is 5.56 Å². The molecule has 1 atom stereocenters. The maximum absolute atomic E-state index is 13.9. The van der Waals surface area contributed by atoms with Gasteiger partial charge in [-0.15, -0.1) is 5.10 Å². The van der Waals surface area contributed by atoms with E-state index >= 15 is 0 Å². The molecule has 0 bridgehead atoms. The fourth-order valence-corrected chi connectivity index (χ4v) is 3.84. The molecule has 29 heavy (non-hydrogen) atoms. The van der Waals surface area contributed by atoms with Gasteiger partial charge in [0.05, 0.1) is 11.3 Å². The maximum atomic E-state index is 13.9. The van der Waals surface area contributed by atoms with Gasteiger partial charge in [-0.05, 0) is 23.6 Å². The third kappa shape index (κ3) is 4.86. The first-order chi connectivity index (χ1) is 13.8. The first-order valence-corrected chi connectivity index (χ1v) is 10.6. The number of halogens is 1. The van der Waals surface area contributed by atoms with Gasteiger partial charge in [-0.2, -0.15) is 0 Å². The smallest absolute Gasteiger partial charge is 0.335 e. The quantitative estimate of drug-likeness (QED) is 0.633. The maximum Gasteiger partial charge on any atom is 0.335 e. The molecule has 7 nitrogen and oxygen atoms in total. The highest BCUT2D eigenvalue weighted by Crippen LogP contribution is 2.24. The zero-order chi connectivity index (χ0) is 21.0. The molecule has 3 aromatic rings. The number of carbonyl (C=O) groups is 1. The van der Waals surface area contributed by atoms with E-state index in [2.05, 4.69) is 15.5 Å². The molecule has 1 amide bonds. The second kappa shape index (κ2) is 8.52. The zero-order valence-corrected chi connectivity index (χ0v) is 16.7. The predicted octanol–water partition coefficient (Wildman–Crippen LogP) is 3.31. The SMILES string of the molecule is CC(C)[C@H](NC(=O)c1ccccc1F)c1nnc(S(=O)(=O)Cc2ccccc2)o1. The molecular formula is C20H20FN3O4S. The van der Waals surface area contributed by atoms with E-state index in [-0.39, 0.29) is 23.1 Å². The van der Waals surface area contributed by atoms with Crippen LogP contribution in [-0.4, -0.2) is 24.5 Å². The molecule has 0 saturated carbocycles. The van der Waals surface area contributed by atoms with Crippen LogP contribution in [0.2, 0.25) is 0 Å². The van der Waals surface area contributed by atoms with Crippen LogP contribution >= 0.6 is 0 Å². The Balaban J connectivity index is 1.82. The summed E-state index contributed by atoms with van der Waals surface area (Å²) in [7, 11) is -3.85. The number of amides is 1. The molecule has 1 N–H and O–H groups in total. The average Bonchev–Trinajstić information content (AvgIpc) is 3.17. The number of aromatic nitrogens is 2. The monoisotopic (exact) mass is 417 g/mol. The normalized spacial score (nSPS) is 12.7. The van der Waals surface area contributed by atoms with E-state index in [1.165, 1.54) is 18.2 Å². The van der Waals surface area contributed by atoms with Crippen LogP contribution in [0.1, 0.15) is 41.7 Å². The molecule has 0 radical (unpaired) electrons. The van der Waals surface area contributed by atoms with Gasteiger partial charge in [0.25, 0.3) is 5.91 Å².